The Morgan fingerprint density at radius 2 is 1.43 bits per heavy atom. The van der Waals surface area contributed by atoms with E-state index in [-0.39, 0.29) is 0 Å². The predicted molar refractivity (Wildman–Crippen MR) is 96.3 cm³/mol. The lowest BCUT2D eigenvalue weighted by Crippen LogP contribution is -2.47. The third kappa shape index (κ3) is 8.84. The predicted octanol–water partition coefficient (Wildman–Crippen LogP) is 3.56. The van der Waals surface area contributed by atoms with Gasteiger partial charge < -0.3 is 18.3 Å². The van der Waals surface area contributed by atoms with Gasteiger partial charge in [-0.05, 0) is 19.4 Å². The number of benzene rings is 1. The third-order valence-electron chi connectivity index (χ3n) is 3.39. The molecule has 1 aromatic rings. The number of rotatable bonds is 14. The standard InChI is InChI=1S/C17H29ClO4Si/c1-3-19-11-13-21-23(15-10-18,22-14-12-20-4-2)16-17-8-6-5-7-9-17/h5-9H,3-4,10-16H2,1-2H3. The van der Waals surface area contributed by atoms with Crippen molar-refractivity contribution < 1.29 is 18.3 Å². The number of ether oxygens (including phenoxy) is 2. The molecule has 0 aromatic heterocycles. The van der Waals surface area contributed by atoms with Crippen molar-refractivity contribution in [1.29, 1.82) is 0 Å². The second kappa shape index (κ2) is 12.9. The first-order valence-corrected chi connectivity index (χ1v) is 11.1. The molecule has 0 heterocycles. The Kier molecular flexibility index (Phi) is 11.6. The molecule has 0 saturated heterocycles. The van der Waals surface area contributed by atoms with Gasteiger partial charge in [-0.25, -0.2) is 0 Å². The minimum Gasteiger partial charge on any atom is -0.392 e. The molecule has 1 aromatic carbocycles. The minimum atomic E-state index is -2.43. The highest BCUT2D eigenvalue weighted by molar-refractivity contribution is 6.67. The zero-order chi connectivity index (χ0) is 16.8. The molecule has 0 saturated carbocycles. The summed E-state index contributed by atoms with van der Waals surface area (Å²) in [6.45, 7) is 7.58. The molecule has 0 amide bonds. The van der Waals surface area contributed by atoms with Crippen LogP contribution in [0.3, 0.4) is 0 Å². The van der Waals surface area contributed by atoms with Crippen molar-refractivity contribution in [2.24, 2.45) is 0 Å². The van der Waals surface area contributed by atoms with Crippen LogP contribution in [0.25, 0.3) is 0 Å². The summed E-state index contributed by atoms with van der Waals surface area (Å²) in [5, 5.41) is 0. The van der Waals surface area contributed by atoms with Crippen LogP contribution in [0.15, 0.2) is 30.3 Å². The highest BCUT2D eigenvalue weighted by Gasteiger charge is 2.37. The van der Waals surface area contributed by atoms with Crippen LogP contribution in [0.4, 0.5) is 0 Å². The summed E-state index contributed by atoms with van der Waals surface area (Å²) >= 11 is 6.04. The van der Waals surface area contributed by atoms with Gasteiger partial charge in [0.1, 0.15) is 0 Å². The van der Waals surface area contributed by atoms with Crippen molar-refractivity contribution in [2.75, 3.05) is 45.5 Å². The van der Waals surface area contributed by atoms with E-state index in [4.69, 9.17) is 29.9 Å². The zero-order valence-corrected chi connectivity index (χ0v) is 16.0. The lowest BCUT2D eigenvalue weighted by molar-refractivity contribution is 0.0643. The van der Waals surface area contributed by atoms with Crippen LogP contribution in [0.5, 0.6) is 0 Å². The second-order valence-corrected chi connectivity index (χ2v) is 8.73. The van der Waals surface area contributed by atoms with E-state index in [2.05, 4.69) is 12.1 Å². The smallest absolute Gasteiger partial charge is 0.344 e. The average molecular weight is 361 g/mol. The summed E-state index contributed by atoms with van der Waals surface area (Å²) in [7, 11) is -2.43. The van der Waals surface area contributed by atoms with Gasteiger partial charge in [-0.15, -0.1) is 11.6 Å². The van der Waals surface area contributed by atoms with E-state index in [1.807, 2.05) is 32.0 Å². The van der Waals surface area contributed by atoms with Gasteiger partial charge >= 0.3 is 8.56 Å². The molecular weight excluding hydrogens is 332 g/mol. The molecule has 0 fully saturated rings. The number of halogens is 1. The van der Waals surface area contributed by atoms with Gasteiger partial charge in [-0.1, -0.05) is 30.3 Å². The van der Waals surface area contributed by atoms with Gasteiger partial charge in [0, 0.05) is 31.2 Å². The lowest BCUT2D eigenvalue weighted by Gasteiger charge is -2.30. The van der Waals surface area contributed by atoms with E-state index in [0.29, 0.717) is 45.5 Å². The summed E-state index contributed by atoms with van der Waals surface area (Å²) in [6, 6.07) is 11.8. The monoisotopic (exact) mass is 360 g/mol. The van der Waals surface area contributed by atoms with Crippen LogP contribution >= 0.6 is 11.6 Å². The minimum absolute atomic E-state index is 0.530. The summed E-state index contributed by atoms with van der Waals surface area (Å²) in [5.74, 6) is 0.530. The van der Waals surface area contributed by atoms with Crippen molar-refractivity contribution in [3.8, 4) is 0 Å². The van der Waals surface area contributed by atoms with Gasteiger partial charge in [0.05, 0.1) is 26.4 Å². The van der Waals surface area contributed by atoms with Crippen molar-refractivity contribution in [1.82, 2.24) is 0 Å². The van der Waals surface area contributed by atoms with Gasteiger partial charge in [-0.3, -0.25) is 0 Å². The van der Waals surface area contributed by atoms with Crippen LogP contribution in [0, 0.1) is 0 Å². The van der Waals surface area contributed by atoms with Crippen LogP contribution in [0.1, 0.15) is 19.4 Å². The Morgan fingerprint density at radius 3 is 1.91 bits per heavy atom. The Morgan fingerprint density at radius 1 is 0.870 bits per heavy atom. The van der Waals surface area contributed by atoms with Crippen molar-refractivity contribution >= 4 is 20.2 Å². The van der Waals surface area contributed by atoms with Gasteiger partial charge in [0.15, 0.2) is 0 Å². The molecule has 0 aliphatic rings. The molecular formula is C17H29ClO4Si. The van der Waals surface area contributed by atoms with E-state index in [1.165, 1.54) is 5.56 Å². The van der Waals surface area contributed by atoms with Crippen LogP contribution in [-0.4, -0.2) is 54.1 Å². The van der Waals surface area contributed by atoms with E-state index in [9.17, 15) is 0 Å². The molecule has 4 nitrogen and oxygen atoms in total. The van der Waals surface area contributed by atoms with Crippen LogP contribution in [-0.2, 0) is 24.4 Å². The number of alkyl halides is 1. The maximum Gasteiger partial charge on any atom is 0.344 e. The van der Waals surface area contributed by atoms with E-state index in [0.717, 1.165) is 12.1 Å². The number of hydrogen-bond acceptors (Lipinski definition) is 4. The molecule has 0 spiro atoms. The summed E-state index contributed by atoms with van der Waals surface area (Å²) in [4.78, 5) is 0. The van der Waals surface area contributed by atoms with Gasteiger partial charge in [0.25, 0.3) is 0 Å². The molecule has 1 rings (SSSR count). The van der Waals surface area contributed by atoms with Gasteiger partial charge in [0.2, 0.25) is 0 Å². The summed E-state index contributed by atoms with van der Waals surface area (Å²) in [6.07, 6.45) is 0. The quantitative estimate of drug-likeness (QED) is 0.289. The first-order chi connectivity index (χ1) is 11.3. The highest BCUT2D eigenvalue weighted by Crippen LogP contribution is 2.21. The summed E-state index contributed by atoms with van der Waals surface area (Å²) in [5.41, 5.74) is 1.22. The Bertz CT molecular complexity index is 379. The molecule has 23 heavy (non-hydrogen) atoms. The average Bonchev–Trinajstić information content (AvgIpc) is 2.57. The lowest BCUT2D eigenvalue weighted by atomic mass is 10.2. The SMILES string of the molecule is CCOCCO[Si](CCCl)(Cc1ccccc1)OCCOCC. The highest BCUT2D eigenvalue weighted by atomic mass is 35.5. The molecule has 0 atom stereocenters. The zero-order valence-electron chi connectivity index (χ0n) is 14.3. The molecule has 0 unspecified atom stereocenters. The van der Waals surface area contributed by atoms with Crippen molar-refractivity contribution in [3.63, 3.8) is 0 Å². The fraction of sp³-hybridized carbons (Fsp3) is 0.647. The van der Waals surface area contributed by atoms with Gasteiger partial charge in [-0.2, -0.15) is 0 Å². The van der Waals surface area contributed by atoms with E-state index in [1.54, 1.807) is 0 Å². The Labute approximate surface area is 146 Å². The molecule has 0 radical (unpaired) electrons. The molecule has 0 aliphatic heterocycles. The first kappa shape index (κ1) is 20.6. The maximum atomic E-state index is 6.21. The second-order valence-electron chi connectivity index (χ2n) is 5.10. The van der Waals surface area contributed by atoms with E-state index >= 15 is 0 Å². The maximum absolute atomic E-state index is 6.21. The largest absolute Gasteiger partial charge is 0.392 e. The molecule has 0 N–H and O–H groups in total. The van der Waals surface area contributed by atoms with Crippen molar-refractivity contribution in [2.45, 2.75) is 25.9 Å². The topological polar surface area (TPSA) is 36.9 Å². The van der Waals surface area contributed by atoms with Crippen LogP contribution < -0.4 is 0 Å². The third-order valence-corrected chi connectivity index (χ3v) is 7.31. The molecule has 0 bridgehead atoms. The molecule has 0 aliphatic carbocycles. The summed E-state index contributed by atoms with van der Waals surface area (Å²) < 4.78 is 23.2. The number of hydrogen-bond donors (Lipinski definition) is 0. The Hall–Kier alpha value is -0.433. The van der Waals surface area contributed by atoms with Crippen molar-refractivity contribution in [3.05, 3.63) is 35.9 Å². The van der Waals surface area contributed by atoms with Crippen LogP contribution in [0.2, 0.25) is 6.04 Å². The fourth-order valence-corrected chi connectivity index (χ4v) is 5.96. The van der Waals surface area contributed by atoms with E-state index < -0.39 is 8.56 Å². The first-order valence-electron chi connectivity index (χ1n) is 8.29. The molecule has 132 valence electrons. The molecule has 6 heteroatoms. The fourth-order valence-electron chi connectivity index (χ4n) is 2.29. The Balaban J connectivity index is 2.70. The normalized spacial score (nSPS) is 11.8.